The second kappa shape index (κ2) is 5.25. The number of likely N-dealkylation sites (N-methyl/N-ethyl adjacent to an activating group) is 1. The summed E-state index contributed by atoms with van der Waals surface area (Å²) in [7, 11) is 2.21. The smallest absolute Gasteiger partial charge is 0.0448 e. The molecule has 0 saturated carbocycles. The van der Waals surface area contributed by atoms with Crippen LogP contribution >= 0.6 is 11.8 Å². The highest BCUT2D eigenvalue weighted by atomic mass is 32.2. The molecule has 2 saturated heterocycles. The van der Waals surface area contributed by atoms with E-state index in [9.17, 15) is 0 Å². The Balaban J connectivity index is 2.07. The zero-order chi connectivity index (χ0) is 11.6. The molecule has 2 fully saturated rings. The van der Waals surface area contributed by atoms with Crippen LogP contribution in [0.25, 0.3) is 0 Å². The highest BCUT2D eigenvalue weighted by Crippen LogP contribution is 2.38. The first-order valence-corrected chi connectivity index (χ1v) is 7.49. The van der Waals surface area contributed by atoms with Crippen LogP contribution in [0.2, 0.25) is 0 Å². The van der Waals surface area contributed by atoms with E-state index >= 15 is 0 Å². The van der Waals surface area contributed by atoms with Crippen LogP contribution in [0, 0.1) is 0 Å². The maximum Gasteiger partial charge on any atom is 0.0448 e. The number of nitrogens with zero attached hydrogens (tertiary/aromatic N) is 2. The number of hydrogen-bond donors (Lipinski definition) is 1. The number of piperazine rings is 1. The molecule has 0 amide bonds. The zero-order valence-electron chi connectivity index (χ0n) is 10.6. The third-order valence-corrected chi connectivity index (χ3v) is 5.83. The van der Waals surface area contributed by atoms with Crippen LogP contribution in [-0.2, 0) is 0 Å². The van der Waals surface area contributed by atoms with Crippen LogP contribution in [0.3, 0.4) is 0 Å². The van der Waals surface area contributed by atoms with E-state index in [-0.39, 0.29) is 5.54 Å². The van der Waals surface area contributed by atoms with Crippen molar-refractivity contribution in [2.75, 3.05) is 45.5 Å². The molecule has 3 nitrogen and oxygen atoms in total. The van der Waals surface area contributed by atoms with E-state index in [1.54, 1.807) is 0 Å². The normalized spacial score (nSPS) is 38.8. The quantitative estimate of drug-likeness (QED) is 0.779. The Morgan fingerprint density at radius 1 is 1.31 bits per heavy atom. The number of nitrogens with two attached hydrogens (primary N) is 1. The summed E-state index contributed by atoms with van der Waals surface area (Å²) in [4.78, 5) is 5.09. The molecule has 2 aliphatic rings. The minimum atomic E-state index is 0.282. The van der Waals surface area contributed by atoms with E-state index < -0.39 is 0 Å². The fourth-order valence-electron chi connectivity index (χ4n) is 3.06. The van der Waals surface area contributed by atoms with Crippen molar-refractivity contribution >= 4 is 11.8 Å². The lowest BCUT2D eigenvalue weighted by Crippen LogP contribution is -2.64. The van der Waals surface area contributed by atoms with Crippen LogP contribution in [0.15, 0.2) is 0 Å². The van der Waals surface area contributed by atoms with E-state index in [0.29, 0.717) is 5.25 Å². The first-order valence-electron chi connectivity index (χ1n) is 6.44. The largest absolute Gasteiger partial charge is 0.329 e. The van der Waals surface area contributed by atoms with Crippen molar-refractivity contribution < 1.29 is 0 Å². The van der Waals surface area contributed by atoms with Gasteiger partial charge in [-0.3, -0.25) is 4.90 Å². The van der Waals surface area contributed by atoms with Crippen LogP contribution < -0.4 is 5.73 Å². The SMILES string of the molecule is CC1SCCCC1(CN)N1CCN(C)CC1. The van der Waals surface area contributed by atoms with Gasteiger partial charge in [0.25, 0.3) is 0 Å². The summed E-state index contributed by atoms with van der Waals surface area (Å²) in [6.45, 7) is 7.97. The van der Waals surface area contributed by atoms with E-state index in [0.717, 1.165) is 6.54 Å². The van der Waals surface area contributed by atoms with Gasteiger partial charge in [-0.05, 0) is 25.6 Å². The molecule has 0 radical (unpaired) electrons. The molecule has 2 rings (SSSR count). The fraction of sp³-hybridized carbons (Fsp3) is 1.00. The second-order valence-corrected chi connectivity index (χ2v) is 6.66. The minimum Gasteiger partial charge on any atom is -0.329 e. The Morgan fingerprint density at radius 2 is 2.00 bits per heavy atom. The van der Waals surface area contributed by atoms with Crippen molar-refractivity contribution in [1.29, 1.82) is 0 Å². The maximum atomic E-state index is 6.13. The van der Waals surface area contributed by atoms with E-state index in [1.807, 2.05) is 0 Å². The van der Waals surface area contributed by atoms with Crippen molar-refractivity contribution in [3.8, 4) is 0 Å². The van der Waals surface area contributed by atoms with Gasteiger partial charge < -0.3 is 10.6 Å². The second-order valence-electron chi connectivity index (χ2n) is 5.21. The minimum absolute atomic E-state index is 0.282. The van der Waals surface area contributed by atoms with Gasteiger partial charge in [-0.2, -0.15) is 11.8 Å². The summed E-state index contributed by atoms with van der Waals surface area (Å²) in [6.07, 6.45) is 2.62. The summed E-state index contributed by atoms with van der Waals surface area (Å²) in [5, 5.41) is 0.689. The summed E-state index contributed by atoms with van der Waals surface area (Å²) < 4.78 is 0. The van der Waals surface area contributed by atoms with Gasteiger partial charge in [0.1, 0.15) is 0 Å². The van der Waals surface area contributed by atoms with Crippen LogP contribution in [0.4, 0.5) is 0 Å². The van der Waals surface area contributed by atoms with Crippen molar-refractivity contribution in [3.63, 3.8) is 0 Å². The Morgan fingerprint density at radius 3 is 2.56 bits per heavy atom. The molecule has 2 unspecified atom stereocenters. The molecule has 2 aliphatic heterocycles. The van der Waals surface area contributed by atoms with Crippen molar-refractivity contribution in [2.24, 2.45) is 5.73 Å². The Kier molecular flexibility index (Phi) is 4.16. The monoisotopic (exact) mass is 243 g/mol. The molecule has 2 N–H and O–H groups in total. The van der Waals surface area contributed by atoms with Crippen LogP contribution in [0.5, 0.6) is 0 Å². The molecule has 16 heavy (non-hydrogen) atoms. The molecule has 4 heteroatoms. The summed E-state index contributed by atoms with van der Waals surface area (Å²) in [5.74, 6) is 1.32. The molecule has 0 aromatic carbocycles. The molecule has 94 valence electrons. The summed E-state index contributed by atoms with van der Waals surface area (Å²) >= 11 is 2.11. The number of hydrogen-bond acceptors (Lipinski definition) is 4. The average Bonchev–Trinajstić information content (AvgIpc) is 2.31. The summed E-state index contributed by atoms with van der Waals surface area (Å²) in [6, 6.07) is 0. The number of thioether (sulfide) groups is 1. The van der Waals surface area contributed by atoms with Gasteiger partial charge in [0.15, 0.2) is 0 Å². The molecule has 2 heterocycles. The van der Waals surface area contributed by atoms with Crippen molar-refractivity contribution in [1.82, 2.24) is 9.80 Å². The molecule has 2 atom stereocenters. The molecule has 0 spiro atoms. The fourth-order valence-corrected chi connectivity index (χ4v) is 4.40. The third-order valence-electron chi connectivity index (χ3n) is 4.37. The summed E-state index contributed by atoms with van der Waals surface area (Å²) in [5.41, 5.74) is 6.41. The van der Waals surface area contributed by atoms with Gasteiger partial charge in [-0.15, -0.1) is 0 Å². The van der Waals surface area contributed by atoms with Gasteiger partial charge in [-0.1, -0.05) is 6.92 Å². The Hall–Kier alpha value is 0.230. The highest BCUT2D eigenvalue weighted by Gasteiger charge is 2.43. The van der Waals surface area contributed by atoms with Gasteiger partial charge in [0, 0.05) is 43.5 Å². The zero-order valence-corrected chi connectivity index (χ0v) is 11.4. The standard InChI is InChI=1S/C12H25N3S/c1-11-12(10-13,4-3-9-16-11)15-7-5-14(2)6-8-15/h11H,3-10,13H2,1-2H3. The van der Waals surface area contributed by atoms with Gasteiger partial charge >= 0.3 is 0 Å². The van der Waals surface area contributed by atoms with Gasteiger partial charge in [0.2, 0.25) is 0 Å². The third kappa shape index (κ3) is 2.26. The van der Waals surface area contributed by atoms with Gasteiger partial charge in [0.05, 0.1) is 0 Å². The maximum absolute atomic E-state index is 6.13. The molecule has 0 aromatic rings. The van der Waals surface area contributed by atoms with E-state index in [2.05, 4.69) is 35.5 Å². The molecular weight excluding hydrogens is 218 g/mol. The average molecular weight is 243 g/mol. The van der Waals surface area contributed by atoms with Crippen molar-refractivity contribution in [3.05, 3.63) is 0 Å². The number of rotatable bonds is 2. The van der Waals surface area contributed by atoms with Crippen LogP contribution in [-0.4, -0.2) is 66.1 Å². The highest BCUT2D eigenvalue weighted by molar-refractivity contribution is 8.00. The lowest BCUT2D eigenvalue weighted by atomic mass is 9.87. The lowest BCUT2D eigenvalue weighted by molar-refractivity contribution is 0.0368. The predicted molar refractivity (Wildman–Crippen MR) is 72.0 cm³/mol. The van der Waals surface area contributed by atoms with Gasteiger partial charge in [-0.25, -0.2) is 0 Å². The molecule has 0 bridgehead atoms. The van der Waals surface area contributed by atoms with Crippen molar-refractivity contribution in [2.45, 2.75) is 30.6 Å². The lowest BCUT2D eigenvalue weighted by Gasteiger charge is -2.52. The molecule has 0 aliphatic carbocycles. The Labute approximate surface area is 104 Å². The Bertz CT molecular complexity index is 228. The van der Waals surface area contributed by atoms with Crippen LogP contribution in [0.1, 0.15) is 19.8 Å². The first kappa shape index (κ1) is 12.7. The topological polar surface area (TPSA) is 32.5 Å². The first-order chi connectivity index (χ1) is 7.69. The molecule has 0 aromatic heterocycles. The van der Waals surface area contributed by atoms with E-state index in [1.165, 1.54) is 44.8 Å². The van der Waals surface area contributed by atoms with E-state index in [4.69, 9.17) is 5.73 Å². The predicted octanol–water partition coefficient (Wildman–Crippen LogP) is 0.847. The molecular formula is C12H25N3S.